The van der Waals surface area contributed by atoms with Crippen LogP contribution in [0.2, 0.25) is 0 Å². The summed E-state index contributed by atoms with van der Waals surface area (Å²) in [6.45, 7) is 4.78. The first-order chi connectivity index (χ1) is 12.5. The van der Waals surface area contributed by atoms with Gasteiger partial charge in [-0.15, -0.1) is 0 Å². The molecule has 0 aliphatic heterocycles. The van der Waals surface area contributed by atoms with Gasteiger partial charge in [-0.2, -0.15) is 5.10 Å². The molecule has 1 aromatic carbocycles. The summed E-state index contributed by atoms with van der Waals surface area (Å²) in [5.74, 6) is 0.706. The molecule has 1 amide bonds. The fourth-order valence-corrected chi connectivity index (χ4v) is 3.65. The number of rotatable bonds is 6. The normalized spacial score (nSPS) is 21.5. The van der Waals surface area contributed by atoms with E-state index in [0.29, 0.717) is 18.5 Å². The Bertz CT molecular complexity index is 698. The van der Waals surface area contributed by atoms with E-state index in [-0.39, 0.29) is 11.9 Å². The number of carbonyl (C=O) groups excluding carboxylic acids is 1. The maximum absolute atomic E-state index is 12.4. The average Bonchev–Trinajstić information content (AvgIpc) is 3.18. The molecule has 0 unspecified atom stereocenters. The molecule has 6 heteroatoms. The lowest BCUT2D eigenvalue weighted by atomic mass is 9.86. The molecule has 6 nitrogen and oxygen atoms in total. The summed E-state index contributed by atoms with van der Waals surface area (Å²) in [5.41, 5.74) is 2.15. The van der Waals surface area contributed by atoms with Gasteiger partial charge in [0.05, 0.1) is 12.2 Å². The van der Waals surface area contributed by atoms with Gasteiger partial charge in [0, 0.05) is 12.1 Å². The Hall–Kier alpha value is -2.21. The molecule has 1 heterocycles. The van der Waals surface area contributed by atoms with E-state index in [1.165, 1.54) is 31.2 Å². The predicted molar refractivity (Wildman–Crippen MR) is 102 cm³/mol. The fraction of sp³-hybridized carbons (Fsp3) is 0.550. The Balaban J connectivity index is 1.55. The van der Waals surface area contributed by atoms with E-state index in [2.05, 4.69) is 46.3 Å². The Morgan fingerprint density at radius 3 is 2.69 bits per heavy atom. The van der Waals surface area contributed by atoms with Gasteiger partial charge in [0.2, 0.25) is 5.91 Å². The maximum Gasteiger partial charge on any atom is 0.234 e. The van der Waals surface area contributed by atoms with Crippen molar-refractivity contribution >= 4 is 5.91 Å². The average molecular weight is 355 g/mol. The van der Waals surface area contributed by atoms with Crippen molar-refractivity contribution in [3.05, 3.63) is 42.5 Å². The van der Waals surface area contributed by atoms with Gasteiger partial charge in [-0.3, -0.25) is 9.69 Å². The zero-order chi connectivity index (χ0) is 18.5. The number of hydrogen-bond acceptors (Lipinski definition) is 4. The molecule has 3 atom stereocenters. The van der Waals surface area contributed by atoms with Crippen LogP contribution >= 0.6 is 0 Å². The van der Waals surface area contributed by atoms with Crippen molar-refractivity contribution in [3.63, 3.8) is 0 Å². The van der Waals surface area contributed by atoms with Crippen LogP contribution in [0.5, 0.6) is 0 Å². The molecule has 0 bridgehead atoms. The zero-order valence-corrected chi connectivity index (χ0v) is 15.9. The molecule has 3 rings (SSSR count). The number of nitrogens with one attached hydrogen (secondary N) is 1. The maximum atomic E-state index is 12.4. The van der Waals surface area contributed by atoms with Crippen LogP contribution in [0.3, 0.4) is 0 Å². The van der Waals surface area contributed by atoms with Crippen LogP contribution in [0.1, 0.15) is 51.1 Å². The monoisotopic (exact) mass is 355 g/mol. The second kappa shape index (κ2) is 8.45. The van der Waals surface area contributed by atoms with Gasteiger partial charge in [0.15, 0.2) is 0 Å². The molecular weight excluding hydrogens is 326 g/mol. The summed E-state index contributed by atoms with van der Waals surface area (Å²) >= 11 is 0. The number of aromatic nitrogens is 3. The number of hydrogen-bond donors (Lipinski definition) is 1. The molecule has 1 N–H and O–H groups in total. The van der Waals surface area contributed by atoms with E-state index in [1.54, 1.807) is 11.0 Å². The third-order valence-corrected chi connectivity index (χ3v) is 5.57. The molecule has 0 saturated heterocycles. The van der Waals surface area contributed by atoms with Gasteiger partial charge in [-0.1, -0.05) is 31.9 Å². The predicted octanol–water partition coefficient (Wildman–Crippen LogP) is 2.96. The summed E-state index contributed by atoms with van der Waals surface area (Å²) in [6, 6.07) is 8.71. The largest absolute Gasteiger partial charge is 0.352 e. The summed E-state index contributed by atoms with van der Waals surface area (Å²) in [4.78, 5) is 18.5. The first kappa shape index (κ1) is 18.6. The molecule has 0 radical (unpaired) electrons. The number of carbonyl (C=O) groups is 1. The Morgan fingerprint density at radius 2 is 2.04 bits per heavy atom. The van der Waals surface area contributed by atoms with Crippen molar-refractivity contribution in [2.24, 2.45) is 5.92 Å². The van der Waals surface area contributed by atoms with Gasteiger partial charge in [-0.25, -0.2) is 9.67 Å². The molecule has 1 saturated carbocycles. The third-order valence-electron chi connectivity index (χ3n) is 5.57. The van der Waals surface area contributed by atoms with Gasteiger partial charge >= 0.3 is 0 Å². The highest BCUT2D eigenvalue weighted by Gasteiger charge is 2.24. The van der Waals surface area contributed by atoms with Gasteiger partial charge in [-0.05, 0) is 50.4 Å². The van der Waals surface area contributed by atoms with Crippen LogP contribution in [-0.4, -0.2) is 45.2 Å². The Kier molecular flexibility index (Phi) is 6.04. The molecular formula is C20H29N5O. The van der Waals surface area contributed by atoms with E-state index >= 15 is 0 Å². The highest BCUT2D eigenvalue weighted by Crippen LogP contribution is 2.24. The Labute approximate surface area is 155 Å². The van der Waals surface area contributed by atoms with Crippen LogP contribution in [0, 0.1) is 5.92 Å². The highest BCUT2D eigenvalue weighted by molar-refractivity contribution is 5.78. The highest BCUT2D eigenvalue weighted by atomic mass is 16.2. The molecule has 1 fully saturated rings. The van der Waals surface area contributed by atoms with Crippen LogP contribution in [0.25, 0.3) is 5.69 Å². The minimum absolute atomic E-state index is 0.123. The second-order valence-electron chi connectivity index (χ2n) is 7.46. The van der Waals surface area contributed by atoms with E-state index in [9.17, 15) is 4.79 Å². The van der Waals surface area contributed by atoms with Crippen molar-refractivity contribution in [1.82, 2.24) is 25.0 Å². The first-order valence-electron chi connectivity index (χ1n) is 9.49. The van der Waals surface area contributed by atoms with Gasteiger partial charge in [0.25, 0.3) is 0 Å². The number of nitrogens with zero attached hydrogens (tertiary/aromatic N) is 4. The van der Waals surface area contributed by atoms with Crippen LogP contribution in [0.4, 0.5) is 0 Å². The number of benzene rings is 1. The van der Waals surface area contributed by atoms with Crippen molar-refractivity contribution in [1.29, 1.82) is 0 Å². The molecule has 140 valence electrons. The first-order valence-corrected chi connectivity index (χ1v) is 9.49. The molecule has 2 aromatic rings. The van der Waals surface area contributed by atoms with Crippen LogP contribution < -0.4 is 5.32 Å². The zero-order valence-electron chi connectivity index (χ0n) is 15.9. The van der Waals surface area contributed by atoms with Crippen molar-refractivity contribution < 1.29 is 4.79 Å². The standard InChI is InChI=1S/C20H29N5O/c1-15-6-4-5-7-19(15)23-20(26)12-24(3)16(2)17-8-10-18(11-9-17)25-14-21-13-22-25/h8-11,13-16,19H,4-7,12H2,1-3H3,(H,23,26)/t15-,16-,19+/m1/s1. The van der Waals surface area contributed by atoms with Crippen molar-refractivity contribution in [2.75, 3.05) is 13.6 Å². The van der Waals surface area contributed by atoms with Crippen LogP contribution in [-0.2, 0) is 4.79 Å². The topological polar surface area (TPSA) is 63.1 Å². The fourth-order valence-electron chi connectivity index (χ4n) is 3.65. The third kappa shape index (κ3) is 4.49. The summed E-state index contributed by atoms with van der Waals surface area (Å²) in [6.07, 6.45) is 8.04. The van der Waals surface area contributed by atoms with Crippen LogP contribution in [0.15, 0.2) is 36.9 Å². The van der Waals surface area contributed by atoms with Gasteiger partial charge in [0.1, 0.15) is 12.7 Å². The minimum Gasteiger partial charge on any atom is -0.352 e. The number of likely N-dealkylation sites (N-methyl/N-ethyl adjacent to an activating group) is 1. The lowest BCUT2D eigenvalue weighted by Gasteiger charge is -2.31. The van der Waals surface area contributed by atoms with Crippen molar-refractivity contribution in [3.8, 4) is 5.69 Å². The summed E-state index contributed by atoms with van der Waals surface area (Å²) < 4.78 is 1.73. The molecule has 0 spiro atoms. The second-order valence-corrected chi connectivity index (χ2v) is 7.46. The number of amides is 1. The molecule has 1 aliphatic carbocycles. The molecule has 26 heavy (non-hydrogen) atoms. The van der Waals surface area contributed by atoms with E-state index in [4.69, 9.17) is 0 Å². The lowest BCUT2D eigenvalue weighted by molar-refractivity contribution is -0.123. The smallest absolute Gasteiger partial charge is 0.234 e. The van der Waals surface area contributed by atoms with E-state index < -0.39 is 0 Å². The summed E-state index contributed by atoms with van der Waals surface area (Å²) in [5, 5.41) is 7.37. The molecule has 1 aliphatic rings. The SMILES string of the molecule is C[C@@H]1CCCC[C@@H]1NC(=O)CN(C)[C@H](C)c1ccc(-n2cncn2)cc1. The Morgan fingerprint density at radius 1 is 1.31 bits per heavy atom. The quantitative estimate of drug-likeness (QED) is 0.865. The van der Waals surface area contributed by atoms with E-state index in [1.807, 2.05) is 19.2 Å². The summed E-state index contributed by atoms with van der Waals surface area (Å²) in [7, 11) is 2.00. The van der Waals surface area contributed by atoms with Crippen molar-refractivity contribution in [2.45, 2.75) is 51.6 Å². The van der Waals surface area contributed by atoms with Gasteiger partial charge < -0.3 is 5.32 Å². The minimum atomic E-state index is 0.123. The van der Waals surface area contributed by atoms with E-state index in [0.717, 1.165) is 12.1 Å². The lowest BCUT2D eigenvalue weighted by Crippen LogP contribution is -2.45. The molecule has 1 aromatic heterocycles.